The number of rotatable bonds is 6. The zero-order valence-electron chi connectivity index (χ0n) is 15.5. The van der Waals surface area contributed by atoms with Crippen LogP contribution in [0.4, 0.5) is 13.2 Å². The van der Waals surface area contributed by atoms with Crippen LogP contribution in [0.3, 0.4) is 0 Å². The van der Waals surface area contributed by atoms with Gasteiger partial charge in [-0.15, -0.1) is 0 Å². The monoisotopic (exact) mass is 436 g/mol. The maximum Gasteiger partial charge on any atom is 0.534 e. The summed E-state index contributed by atoms with van der Waals surface area (Å²) in [6.45, 7) is 5.68. The second-order valence-corrected chi connectivity index (χ2v) is 8.36. The molecule has 0 saturated carbocycles. The van der Waals surface area contributed by atoms with Crippen molar-refractivity contribution in [3.63, 3.8) is 0 Å². The summed E-state index contributed by atoms with van der Waals surface area (Å²) in [5, 5.41) is 9.55. The Morgan fingerprint density at radius 1 is 1.04 bits per heavy atom. The van der Waals surface area contributed by atoms with Gasteiger partial charge in [-0.1, -0.05) is 43.6 Å². The molecule has 0 atom stereocenters. The Kier molecular flexibility index (Phi) is 6.25. The van der Waals surface area contributed by atoms with Gasteiger partial charge < -0.3 is 9.29 Å². The Bertz CT molecular complexity index is 968. The van der Waals surface area contributed by atoms with E-state index in [1.54, 1.807) is 19.1 Å². The Morgan fingerprint density at radius 3 is 2.04 bits per heavy atom. The average Bonchev–Trinajstić information content (AvgIpc) is 2.60. The molecule has 2 aromatic rings. The minimum absolute atomic E-state index is 0.156. The summed E-state index contributed by atoms with van der Waals surface area (Å²) < 4.78 is 64.2. The summed E-state index contributed by atoms with van der Waals surface area (Å²) in [6.07, 6.45) is 1.29. The molecule has 9 heteroatoms. The highest BCUT2D eigenvalue weighted by molar-refractivity contribution is 7.88. The van der Waals surface area contributed by atoms with Crippen LogP contribution in [0, 0.1) is 6.92 Å². The fraction of sp³-hybridized carbons (Fsp3) is 0.368. The molecule has 0 heterocycles. The summed E-state index contributed by atoms with van der Waals surface area (Å²) in [6, 6.07) is 9.24. The van der Waals surface area contributed by atoms with E-state index in [4.69, 9.17) is 11.6 Å². The van der Waals surface area contributed by atoms with Crippen molar-refractivity contribution in [2.45, 2.75) is 44.5 Å². The second-order valence-electron chi connectivity index (χ2n) is 6.42. The zero-order chi connectivity index (χ0) is 21.3. The number of aromatic hydroxyl groups is 1. The number of alkyl halides is 3. The normalized spacial score (nSPS) is 12.8. The molecular weight excluding hydrogens is 417 g/mol. The fourth-order valence-electron chi connectivity index (χ4n) is 3.22. The predicted molar refractivity (Wildman–Crippen MR) is 101 cm³/mol. The zero-order valence-corrected chi connectivity index (χ0v) is 17.0. The van der Waals surface area contributed by atoms with Crippen LogP contribution in [0.25, 0.3) is 0 Å². The molecule has 2 rings (SSSR count). The largest absolute Gasteiger partial charge is 0.534 e. The van der Waals surface area contributed by atoms with Crippen LogP contribution in [-0.4, -0.2) is 19.0 Å². The van der Waals surface area contributed by atoms with Crippen molar-refractivity contribution in [1.29, 1.82) is 0 Å². The van der Waals surface area contributed by atoms with Crippen LogP contribution in [-0.2, 0) is 15.5 Å². The van der Waals surface area contributed by atoms with E-state index in [0.29, 0.717) is 24.0 Å². The van der Waals surface area contributed by atoms with Crippen molar-refractivity contribution < 1.29 is 30.9 Å². The van der Waals surface area contributed by atoms with Crippen LogP contribution in [0.2, 0.25) is 5.02 Å². The molecule has 0 fully saturated rings. The molecule has 0 saturated heterocycles. The van der Waals surface area contributed by atoms with Gasteiger partial charge in [0, 0.05) is 5.41 Å². The van der Waals surface area contributed by atoms with Gasteiger partial charge in [-0.25, -0.2) is 0 Å². The first-order chi connectivity index (χ1) is 12.9. The van der Waals surface area contributed by atoms with Gasteiger partial charge in [-0.05, 0) is 54.7 Å². The van der Waals surface area contributed by atoms with E-state index >= 15 is 0 Å². The van der Waals surface area contributed by atoms with Gasteiger partial charge in [-0.3, -0.25) is 0 Å². The van der Waals surface area contributed by atoms with Gasteiger partial charge >= 0.3 is 15.6 Å². The number of hydrogen-bond acceptors (Lipinski definition) is 4. The molecule has 1 N–H and O–H groups in total. The molecule has 0 aliphatic heterocycles. The van der Waals surface area contributed by atoms with Crippen LogP contribution < -0.4 is 4.18 Å². The lowest BCUT2D eigenvalue weighted by Gasteiger charge is -2.34. The molecule has 0 radical (unpaired) electrons. The quantitative estimate of drug-likeness (QED) is 0.466. The van der Waals surface area contributed by atoms with E-state index in [0.717, 1.165) is 11.6 Å². The number of hydrogen-bond donors (Lipinski definition) is 1. The van der Waals surface area contributed by atoms with E-state index in [9.17, 15) is 26.7 Å². The maximum atomic E-state index is 12.5. The summed E-state index contributed by atoms with van der Waals surface area (Å²) in [5.41, 5.74) is -3.78. The van der Waals surface area contributed by atoms with Gasteiger partial charge in [0.15, 0.2) is 5.75 Å². The molecule has 0 spiro atoms. The van der Waals surface area contributed by atoms with Gasteiger partial charge in [0.2, 0.25) is 0 Å². The second kappa shape index (κ2) is 7.83. The van der Waals surface area contributed by atoms with E-state index in [-0.39, 0.29) is 10.8 Å². The Balaban J connectivity index is 2.53. The Labute approximate surface area is 167 Å². The lowest BCUT2D eigenvalue weighted by atomic mass is 9.70. The molecule has 0 amide bonds. The van der Waals surface area contributed by atoms with Gasteiger partial charge in [0.1, 0.15) is 5.75 Å². The topological polar surface area (TPSA) is 63.6 Å². The molecule has 0 aromatic heterocycles. The van der Waals surface area contributed by atoms with Gasteiger partial charge in [0.05, 0.1) is 5.02 Å². The van der Waals surface area contributed by atoms with Crippen molar-refractivity contribution >= 4 is 21.7 Å². The summed E-state index contributed by atoms with van der Waals surface area (Å²) in [4.78, 5) is 0. The van der Waals surface area contributed by atoms with Crippen LogP contribution in [0.1, 0.15) is 43.4 Å². The van der Waals surface area contributed by atoms with Crippen molar-refractivity contribution in [1.82, 2.24) is 0 Å². The molecule has 0 unspecified atom stereocenters. The minimum atomic E-state index is -5.81. The molecule has 0 bridgehead atoms. The third-order valence-electron chi connectivity index (χ3n) is 4.92. The van der Waals surface area contributed by atoms with Crippen molar-refractivity contribution in [3.8, 4) is 11.5 Å². The van der Waals surface area contributed by atoms with E-state index in [1.807, 2.05) is 19.9 Å². The van der Waals surface area contributed by atoms with E-state index in [2.05, 4.69) is 4.18 Å². The first kappa shape index (κ1) is 22.4. The maximum absolute atomic E-state index is 12.5. The van der Waals surface area contributed by atoms with Crippen molar-refractivity contribution in [2.24, 2.45) is 0 Å². The lowest BCUT2D eigenvalue weighted by molar-refractivity contribution is -0.0500. The number of phenolic OH excluding ortho intramolecular Hbond substituents is 1. The van der Waals surface area contributed by atoms with Crippen LogP contribution >= 0.6 is 11.6 Å². The van der Waals surface area contributed by atoms with Gasteiger partial charge in [0.25, 0.3) is 0 Å². The Morgan fingerprint density at radius 2 is 1.57 bits per heavy atom. The smallest absolute Gasteiger partial charge is 0.508 e. The third kappa shape index (κ3) is 4.07. The third-order valence-corrected chi connectivity index (χ3v) is 6.19. The highest BCUT2D eigenvalue weighted by Crippen LogP contribution is 2.43. The number of halogens is 4. The summed E-state index contributed by atoms with van der Waals surface area (Å²) >= 11 is 6.05. The number of phenols is 1. The summed E-state index contributed by atoms with van der Waals surface area (Å²) in [5.74, 6) is -0.435. The first-order valence-corrected chi connectivity index (χ1v) is 10.3. The average molecular weight is 437 g/mol. The predicted octanol–water partition coefficient (Wildman–Crippen LogP) is 5.69. The van der Waals surface area contributed by atoms with Crippen LogP contribution in [0.15, 0.2) is 36.4 Å². The fourth-order valence-corrected chi connectivity index (χ4v) is 3.96. The molecule has 154 valence electrons. The first-order valence-electron chi connectivity index (χ1n) is 8.49. The molecule has 0 aliphatic rings. The number of benzene rings is 2. The summed E-state index contributed by atoms with van der Waals surface area (Å²) in [7, 11) is -5.81. The highest BCUT2D eigenvalue weighted by atomic mass is 35.5. The Hall–Kier alpha value is -1.93. The minimum Gasteiger partial charge on any atom is -0.508 e. The highest BCUT2D eigenvalue weighted by Gasteiger charge is 2.48. The SMILES string of the molecule is CCC(CC)(c1ccc(O)c(C)c1)c1ccc(OS(=O)(=O)C(F)(F)F)c(Cl)c1. The van der Waals surface area contributed by atoms with E-state index < -0.39 is 26.8 Å². The molecule has 4 nitrogen and oxygen atoms in total. The molecule has 28 heavy (non-hydrogen) atoms. The van der Waals surface area contributed by atoms with Gasteiger partial charge in [-0.2, -0.15) is 21.6 Å². The van der Waals surface area contributed by atoms with Crippen molar-refractivity contribution in [2.75, 3.05) is 0 Å². The van der Waals surface area contributed by atoms with Crippen molar-refractivity contribution in [3.05, 3.63) is 58.1 Å². The standard InChI is InChI=1S/C19H20ClF3O4S/c1-4-18(5-2,13-6-8-16(24)12(3)10-13)14-7-9-17(15(20)11-14)27-28(25,26)19(21,22)23/h6-11,24H,4-5H2,1-3H3. The number of aryl methyl sites for hydroxylation is 1. The van der Waals surface area contributed by atoms with Crippen LogP contribution in [0.5, 0.6) is 11.5 Å². The molecule has 2 aromatic carbocycles. The van der Waals surface area contributed by atoms with E-state index in [1.165, 1.54) is 12.1 Å². The lowest BCUT2D eigenvalue weighted by Crippen LogP contribution is -2.28. The molecule has 0 aliphatic carbocycles. The molecular formula is C19H20ClF3O4S.